The van der Waals surface area contributed by atoms with Crippen molar-refractivity contribution in [1.29, 1.82) is 0 Å². The molecule has 1 aromatic heterocycles. The van der Waals surface area contributed by atoms with Crippen LogP contribution in [0, 0.1) is 0 Å². The lowest BCUT2D eigenvalue weighted by Crippen LogP contribution is -2.48. The summed E-state index contributed by atoms with van der Waals surface area (Å²) < 4.78 is 0. The van der Waals surface area contributed by atoms with E-state index in [1.165, 1.54) is 0 Å². The molecule has 1 fully saturated rings. The molecule has 0 atom stereocenters. The number of amides is 2. The van der Waals surface area contributed by atoms with Crippen molar-refractivity contribution < 1.29 is 9.59 Å². The van der Waals surface area contributed by atoms with Crippen LogP contribution in [-0.4, -0.2) is 64.8 Å². The van der Waals surface area contributed by atoms with E-state index in [9.17, 15) is 9.59 Å². The second kappa shape index (κ2) is 8.24. The zero-order chi connectivity index (χ0) is 18.4. The SMILES string of the molecule is C=CCNc1cc(C(=O)N2CCN(C=O)CC2)nc(-c2ccccc2)n1. The van der Waals surface area contributed by atoms with Crippen molar-refractivity contribution >= 4 is 18.1 Å². The third-order valence-electron chi connectivity index (χ3n) is 4.16. The first-order valence-electron chi connectivity index (χ1n) is 8.49. The Morgan fingerprint density at radius 2 is 1.88 bits per heavy atom. The second-order valence-corrected chi connectivity index (χ2v) is 5.93. The van der Waals surface area contributed by atoms with Gasteiger partial charge in [-0.15, -0.1) is 6.58 Å². The number of benzene rings is 1. The number of nitrogens with one attached hydrogen (secondary N) is 1. The van der Waals surface area contributed by atoms with Crippen molar-refractivity contribution in [3.8, 4) is 11.4 Å². The van der Waals surface area contributed by atoms with Crippen molar-refractivity contribution in [3.05, 3.63) is 54.7 Å². The minimum absolute atomic E-state index is 0.156. The van der Waals surface area contributed by atoms with Crippen molar-refractivity contribution in [1.82, 2.24) is 19.8 Å². The van der Waals surface area contributed by atoms with E-state index in [2.05, 4.69) is 21.9 Å². The lowest BCUT2D eigenvalue weighted by Gasteiger charge is -2.32. The molecule has 7 heteroatoms. The predicted molar refractivity (Wildman–Crippen MR) is 99.7 cm³/mol. The highest BCUT2D eigenvalue weighted by Crippen LogP contribution is 2.19. The van der Waals surface area contributed by atoms with Crippen LogP contribution in [0.1, 0.15) is 10.5 Å². The van der Waals surface area contributed by atoms with Gasteiger partial charge in [0.15, 0.2) is 5.82 Å². The number of hydrogen-bond donors (Lipinski definition) is 1. The molecule has 3 rings (SSSR count). The van der Waals surface area contributed by atoms with E-state index < -0.39 is 0 Å². The highest BCUT2D eigenvalue weighted by molar-refractivity contribution is 5.93. The van der Waals surface area contributed by atoms with E-state index in [0.29, 0.717) is 50.1 Å². The molecule has 2 amide bonds. The predicted octanol–water partition coefficient (Wildman–Crippen LogP) is 1.66. The smallest absolute Gasteiger partial charge is 0.272 e. The molecule has 1 N–H and O–H groups in total. The fraction of sp³-hybridized carbons (Fsp3) is 0.263. The van der Waals surface area contributed by atoms with E-state index in [4.69, 9.17) is 0 Å². The number of hydrogen-bond acceptors (Lipinski definition) is 5. The first-order chi connectivity index (χ1) is 12.7. The van der Waals surface area contributed by atoms with Crippen LogP contribution in [0.25, 0.3) is 11.4 Å². The molecule has 1 saturated heterocycles. The van der Waals surface area contributed by atoms with Crippen LogP contribution in [0.15, 0.2) is 49.1 Å². The maximum absolute atomic E-state index is 12.9. The van der Waals surface area contributed by atoms with Crippen LogP contribution in [0.5, 0.6) is 0 Å². The van der Waals surface area contributed by atoms with Crippen molar-refractivity contribution in [2.24, 2.45) is 0 Å². The first-order valence-corrected chi connectivity index (χ1v) is 8.49. The average molecular weight is 351 g/mol. The maximum atomic E-state index is 12.9. The summed E-state index contributed by atoms with van der Waals surface area (Å²) in [7, 11) is 0. The van der Waals surface area contributed by atoms with E-state index in [1.54, 1.807) is 21.9 Å². The summed E-state index contributed by atoms with van der Waals surface area (Å²) in [4.78, 5) is 36.1. The Morgan fingerprint density at radius 1 is 1.15 bits per heavy atom. The number of aromatic nitrogens is 2. The Morgan fingerprint density at radius 3 is 2.54 bits per heavy atom. The molecule has 0 aliphatic carbocycles. The molecule has 26 heavy (non-hydrogen) atoms. The van der Waals surface area contributed by atoms with Gasteiger partial charge in [-0.2, -0.15) is 0 Å². The molecule has 134 valence electrons. The summed E-state index contributed by atoms with van der Waals surface area (Å²) in [5.74, 6) is 0.917. The molecule has 0 saturated carbocycles. The molecule has 0 bridgehead atoms. The molecule has 1 aromatic carbocycles. The summed E-state index contributed by atoms with van der Waals surface area (Å²) in [5, 5.41) is 3.12. The third-order valence-corrected chi connectivity index (χ3v) is 4.16. The number of anilines is 1. The van der Waals surface area contributed by atoms with Gasteiger partial charge in [-0.3, -0.25) is 9.59 Å². The van der Waals surface area contributed by atoms with Gasteiger partial charge in [-0.05, 0) is 0 Å². The Hall–Kier alpha value is -3.22. The van der Waals surface area contributed by atoms with E-state index in [-0.39, 0.29) is 5.91 Å². The number of carbonyl (C=O) groups excluding carboxylic acids is 2. The summed E-state index contributed by atoms with van der Waals surface area (Å²) >= 11 is 0. The Bertz CT molecular complexity index is 786. The molecular weight excluding hydrogens is 330 g/mol. The zero-order valence-electron chi connectivity index (χ0n) is 14.5. The van der Waals surface area contributed by atoms with Crippen molar-refractivity contribution in [2.45, 2.75) is 0 Å². The van der Waals surface area contributed by atoms with E-state index in [1.807, 2.05) is 30.3 Å². The number of carbonyl (C=O) groups is 2. The largest absolute Gasteiger partial charge is 0.366 e. The van der Waals surface area contributed by atoms with Crippen LogP contribution in [0.4, 0.5) is 5.82 Å². The van der Waals surface area contributed by atoms with E-state index >= 15 is 0 Å². The topological polar surface area (TPSA) is 78.4 Å². The van der Waals surface area contributed by atoms with Gasteiger partial charge >= 0.3 is 0 Å². The molecule has 1 aliphatic rings. The van der Waals surface area contributed by atoms with Crippen LogP contribution in [0.3, 0.4) is 0 Å². The summed E-state index contributed by atoms with van der Waals surface area (Å²) in [6.07, 6.45) is 2.54. The fourth-order valence-electron chi connectivity index (χ4n) is 2.73. The van der Waals surface area contributed by atoms with Gasteiger partial charge < -0.3 is 15.1 Å². The average Bonchev–Trinajstić information content (AvgIpc) is 2.72. The second-order valence-electron chi connectivity index (χ2n) is 5.93. The lowest BCUT2D eigenvalue weighted by atomic mass is 10.2. The molecule has 2 aromatic rings. The first kappa shape index (κ1) is 17.6. The third kappa shape index (κ3) is 4.05. The monoisotopic (exact) mass is 351 g/mol. The number of piperazine rings is 1. The lowest BCUT2D eigenvalue weighted by molar-refractivity contribution is -0.119. The minimum atomic E-state index is -0.156. The van der Waals surface area contributed by atoms with Gasteiger partial charge in [0.05, 0.1) is 0 Å². The Kier molecular flexibility index (Phi) is 5.58. The van der Waals surface area contributed by atoms with Crippen molar-refractivity contribution in [3.63, 3.8) is 0 Å². The summed E-state index contributed by atoms with van der Waals surface area (Å²) in [5.41, 5.74) is 1.18. The molecule has 2 heterocycles. The van der Waals surface area contributed by atoms with Gasteiger partial charge in [-0.25, -0.2) is 9.97 Å². The molecule has 7 nitrogen and oxygen atoms in total. The Labute approximate surface area is 152 Å². The van der Waals surface area contributed by atoms with Gasteiger partial charge in [0.1, 0.15) is 11.5 Å². The normalized spacial score (nSPS) is 14.0. The van der Waals surface area contributed by atoms with Gasteiger partial charge in [0.2, 0.25) is 6.41 Å². The van der Waals surface area contributed by atoms with Crippen LogP contribution < -0.4 is 5.32 Å². The molecule has 0 unspecified atom stereocenters. The summed E-state index contributed by atoms with van der Waals surface area (Å²) in [6.45, 7) is 6.29. The van der Waals surface area contributed by atoms with Crippen molar-refractivity contribution in [2.75, 3.05) is 38.0 Å². The highest BCUT2D eigenvalue weighted by atomic mass is 16.2. The van der Waals surface area contributed by atoms with Gasteiger partial charge in [0.25, 0.3) is 5.91 Å². The zero-order valence-corrected chi connectivity index (χ0v) is 14.5. The fourth-order valence-corrected chi connectivity index (χ4v) is 2.73. The molecule has 0 spiro atoms. The number of nitrogens with zero attached hydrogens (tertiary/aromatic N) is 4. The Balaban J connectivity index is 1.88. The van der Waals surface area contributed by atoms with Gasteiger partial charge in [0, 0.05) is 44.4 Å². The van der Waals surface area contributed by atoms with Gasteiger partial charge in [-0.1, -0.05) is 36.4 Å². The summed E-state index contributed by atoms with van der Waals surface area (Å²) in [6, 6.07) is 11.2. The van der Waals surface area contributed by atoms with Crippen LogP contribution >= 0.6 is 0 Å². The molecule has 1 aliphatic heterocycles. The van der Waals surface area contributed by atoms with Crippen LogP contribution in [-0.2, 0) is 4.79 Å². The molecular formula is C19H21N5O2. The number of rotatable bonds is 6. The standard InChI is InChI=1S/C19H21N5O2/c1-2-8-20-17-13-16(19(26)24-11-9-23(14-25)10-12-24)21-18(22-17)15-6-4-3-5-7-15/h2-7,13-14H,1,8-12H2,(H,20,21,22). The quantitative estimate of drug-likeness (QED) is 0.632. The minimum Gasteiger partial charge on any atom is -0.366 e. The van der Waals surface area contributed by atoms with E-state index in [0.717, 1.165) is 12.0 Å². The molecule has 0 radical (unpaired) electrons. The highest BCUT2D eigenvalue weighted by Gasteiger charge is 2.23. The van der Waals surface area contributed by atoms with Crippen LogP contribution in [0.2, 0.25) is 0 Å². The maximum Gasteiger partial charge on any atom is 0.272 e.